The Hall–Kier alpha value is -2.02. The number of fused-ring (bicyclic) bond motifs is 1. The number of urea groups is 1. The van der Waals surface area contributed by atoms with E-state index in [-0.39, 0.29) is 18.0 Å². The van der Waals surface area contributed by atoms with Crippen molar-refractivity contribution in [3.63, 3.8) is 0 Å². The van der Waals surface area contributed by atoms with Crippen molar-refractivity contribution in [2.45, 2.75) is 64.0 Å². The largest absolute Gasteiger partial charge is 0.451 e. The molecule has 2 aromatic rings. The lowest BCUT2D eigenvalue weighted by atomic mass is 9.95. The summed E-state index contributed by atoms with van der Waals surface area (Å²) in [5.41, 5.74) is 1.56. The first-order valence-electron chi connectivity index (χ1n) is 10.6. The Morgan fingerprint density at radius 1 is 1.03 bits per heavy atom. The zero-order valence-corrected chi connectivity index (χ0v) is 18.4. The summed E-state index contributed by atoms with van der Waals surface area (Å²) >= 11 is 3.46. The van der Waals surface area contributed by atoms with Crippen molar-refractivity contribution >= 4 is 38.8 Å². The van der Waals surface area contributed by atoms with Crippen molar-refractivity contribution in [2.75, 3.05) is 13.1 Å². The minimum absolute atomic E-state index is 0.0420. The third-order valence-electron chi connectivity index (χ3n) is 6.15. The predicted molar refractivity (Wildman–Crippen MR) is 116 cm³/mol. The van der Waals surface area contributed by atoms with Crippen molar-refractivity contribution in [3.05, 3.63) is 34.0 Å². The number of likely N-dealkylation sites (tertiary alicyclic amines) is 1. The van der Waals surface area contributed by atoms with Crippen LogP contribution in [0.4, 0.5) is 4.79 Å². The molecule has 0 atom stereocenters. The summed E-state index contributed by atoms with van der Waals surface area (Å²) in [5.74, 6) is 0.190. The predicted octanol–water partition coefficient (Wildman–Crippen LogP) is 4.74. The monoisotopic (exact) mass is 461 g/mol. The van der Waals surface area contributed by atoms with E-state index in [2.05, 4.69) is 26.6 Å². The number of carbonyl (C=O) groups excluding carboxylic acids is 2. The average molecular weight is 462 g/mol. The number of nitrogens with zero attached hydrogens (tertiary/aromatic N) is 1. The highest BCUT2D eigenvalue weighted by molar-refractivity contribution is 9.10. The van der Waals surface area contributed by atoms with Gasteiger partial charge in [0, 0.05) is 40.6 Å². The van der Waals surface area contributed by atoms with E-state index < -0.39 is 0 Å². The van der Waals surface area contributed by atoms with Crippen LogP contribution < -0.4 is 10.6 Å². The molecule has 4 rings (SSSR count). The number of carbonyl (C=O) groups is 2. The maximum atomic E-state index is 12.8. The van der Waals surface area contributed by atoms with Crippen LogP contribution in [0.5, 0.6) is 0 Å². The lowest BCUT2D eigenvalue weighted by Gasteiger charge is -2.34. The molecule has 1 aromatic carbocycles. The number of nitrogens with one attached hydrogen (secondary N) is 2. The van der Waals surface area contributed by atoms with Gasteiger partial charge in [0.25, 0.3) is 5.91 Å². The van der Waals surface area contributed by atoms with Crippen LogP contribution in [0.15, 0.2) is 27.1 Å². The van der Waals surface area contributed by atoms with Crippen LogP contribution in [0.2, 0.25) is 0 Å². The van der Waals surface area contributed by atoms with E-state index in [1.165, 1.54) is 19.3 Å². The van der Waals surface area contributed by atoms with Gasteiger partial charge < -0.3 is 20.0 Å². The Morgan fingerprint density at radius 2 is 1.72 bits per heavy atom. The fourth-order valence-corrected chi connectivity index (χ4v) is 4.76. The topological polar surface area (TPSA) is 74.6 Å². The molecule has 2 fully saturated rings. The first-order valence-corrected chi connectivity index (χ1v) is 11.4. The summed E-state index contributed by atoms with van der Waals surface area (Å²) in [5, 5.41) is 7.21. The Bertz CT molecular complexity index is 896. The molecular formula is C22H28BrN3O3. The van der Waals surface area contributed by atoms with Crippen molar-refractivity contribution in [1.29, 1.82) is 0 Å². The highest BCUT2D eigenvalue weighted by Gasteiger charge is 2.27. The molecule has 0 radical (unpaired) electrons. The normalized spacial score (nSPS) is 18.8. The lowest BCUT2D eigenvalue weighted by molar-refractivity contribution is 0.0890. The van der Waals surface area contributed by atoms with Crippen molar-refractivity contribution in [2.24, 2.45) is 0 Å². The van der Waals surface area contributed by atoms with Gasteiger partial charge in [0.15, 0.2) is 5.76 Å². The van der Waals surface area contributed by atoms with Crippen LogP contribution in [-0.2, 0) is 0 Å². The number of rotatable bonds is 3. The average Bonchev–Trinajstić information content (AvgIpc) is 3.05. The minimum Gasteiger partial charge on any atom is -0.451 e. The fraction of sp³-hybridized carbons (Fsp3) is 0.545. The number of hydrogen-bond donors (Lipinski definition) is 2. The second-order valence-electron chi connectivity index (χ2n) is 8.22. The molecule has 2 aliphatic rings. The maximum absolute atomic E-state index is 12.8. The van der Waals surface area contributed by atoms with Gasteiger partial charge >= 0.3 is 6.03 Å². The van der Waals surface area contributed by atoms with Crippen LogP contribution in [0.3, 0.4) is 0 Å². The maximum Gasteiger partial charge on any atom is 0.317 e. The summed E-state index contributed by atoms with van der Waals surface area (Å²) in [6.07, 6.45) is 7.38. The molecule has 2 heterocycles. The van der Waals surface area contributed by atoms with E-state index in [1.807, 2.05) is 30.0 Å². The van der Waals surface area contributed by atoms with Gasteiger partial charge in [-0.1, -0.05) is 35.2 Å². The van der Waals surface area contributed by atoms with E-state index in [0.29, 0.717) is 30.5 Å². The summed E-state index contributed by atoms with van der Waals surface area (Å²) in [6.45, 7) is 3.23. The zero-order valence-electron chi connectivity index (χ0n) is 16.8. The molecule has 7 heteroatoms. The highest BCUT2D eigenvalue weighted by Crippen LogP contribution is 2.28. The number of piperidine rings is 1. The van der Waals surface area contributed by atoms with E-state index >= 15 is 0 Å². The molecule has 3 amide bonds. The standard InChI is InChI=1S/C22H28BrN3O3/c1-14-18-13-15(23)7-8-19(18)29-20(14)21(27)24-17-9-11-26(12-10-17)22(28)25-16-5-3-2-4-6-16/h7-8,13,16-17H,2-6,9-12H2,1H3,(H,24,27)(H,25,28). The molecule has 29 heavy (non-hydrogen) atoms. The molecule has 0 unspecified atom stereocenters. The number of benzene rings is 1. The third kappa shape index (κ3) is 4.60. The van der Waals surface area contributed by atoms with Crippen LogP contribution >= 0.6 is 15.9 Å². The second kappa shape index (κ2) is 8.78. The smallest absolute Gasteiger partial charge is 0.317 e. The van der Waals surface area contributed by atoms with Crippen molar-refractivity contribution in [1.82, 2.24) is 15.5 Å². The van der Waals surface area contributed by atoms with E-state index in [4.69, 9.17) is 4.42 Å². The van der Waals surface area contributed by atoms with Crippen molar-refractivity contribution < 1.29 is 14.0 Å². The third-order valence-corrected chi connectivity index (χ3v) is 6.65. The number of hydrogen-bond acceptors (Lipinski definition) is 3. The van der Waals surface area contributed by atoms with Gasteiger partial charge in [-0.05, 0) is 50.8 Å². The van der Waals surface area contributed by atoms with Crippen molar-refractivity contribution in [3.8, 4) is 0 Å². The molecule has 1 aliphatic heterocycles. The van der Waals surface area contributed by atoms with Crippen LogP contribution in [0.1, 0.15) is 61.1 Å². The van der Waals surface area contributed by atoms with Gasteiger partial charge in [0.2, 0.25) is 0 Å². The van der Waals surface area contributed by atoms with Gasteiger partial charge in [0.05, 0.1) is 0 Å². The van der Waals surface area contributed by atoms with Gasteiger partial charge in [0.1, 0.15) is 5.58 Å². The molecular weight excluding hydrogens is 434 g/mol. The number of amides is 3. The zero-order chi connectivity index (χ0) is 20.4. The fourth-order valence-electron chi connectivity index (χ4n) is 4.40. The molecule has 0 bridgehead atoms. The Labute approximate surface area is 179 Å². The summed E-state index contributed by atoms with van der Waals surface area (Å²) in [4.78, 5) is 27.1. The molecule has 1 aliphatic carbocycles. The Balaban J connectivity index is 1.31. The molecule has 0 spiro atoms. The van der Waals surface area contributed by atoms with Gasteiger partial charge in [-0.25, -0.2) is 4.79 Å². The highest BCUT2D eigenvalue weighted by atomic mass is 79.9. The Morgan fingerprint density at radius 3 is 2.45 bits per heavy atom. The number of furan rings is 1. The van der Waals surface area contributed by atoms with Gasteiger partial charge in [-0.3, -0.25) is 4.79 Å². The molecule has 6 nitrogen and oxygen atoms in total. The molecule has 156 valence electrons. The quantitative estimate of drug-likeness (QED) is 0.692. The van der Waals surface area contributed by atoms with E-state index in [9.17, 15) is 9.59 Å². The second-order valence-corrected chi connectivity index (χ2v) is 9.13. The Kier molecular flexibility index (Phi) is 6.13. The SMILES string of the molecule is Cc1c(C(=O)NC2CCN(C(=O)NC3CCCCC3)CC2)oc2ccc(Br)cc12. The lowest BCUT2D eigenvalue weighted by Crippen LogP contribution is -2.51. The molecule has 1 aromatic heterocycles. The first-order chi connectivity index (χ1) is 14.0. The molecule has 1 saturated heterocycles. The minimum atomic E-state index is -0.181. The van der Waals surface area contributed by atoms with Crippen LogP contribution in [0.25, 0.3) is 11.0 Å². The van der Waals surface area contributed by atoms with E-state index in [1.54, 1.807) is 0 Å². The first kappa shape index (κ1) is 20.3. The van der Waals surface area contributed by atoms with Crippen LogP contribution in [0, 0.1) is 6.92 Å². The van der Waals surface area contributed by atoms with Gasteiger partial charge in [-0.2, -0.15) is 0 Å². The van der Waals surface area contributed by atoms with Crippen LogP contribution in [-0.4, -0.2) is 42.0 Å². The summed E-state index contributed by atoms with van der Waals surface area (Å²) < 4.78 is 6.75. The molecule has 2 N–H and O–H groups in total. The number of halogens is 1. The summed E-state index contributed by atoms with van der Waals surface area (Å²) in [6, 6.07) is 6.16. The van der Waals surface area contributed by atoms with Gasteiger partial charge in [-0.15, -0.1) is 0 Å². The number of aryl methyl sites for hydroxylation is 1. The summed E-state index contributed by atoms with van der Waals surface area (Å²) in [7, 11) is 0. The van der Waals surface area contributed by atoms with E-state index in [0.717, 1.165) is 41.1 Å². The molecule has 1 saturated carbocycles.